The first-order valence-corrected chi connectivity index (χ1v) is 9.27. The molecule has 136 valence electrons. The van der Waals surface area contributed by atoms with Crippen LogP contribution in [0.5, 0.6) is 0 Å². The summed E-state index contributed by atoms with van der Waals surface area (Å²) >= 11 is 11.9. The summed E-state index contributed by atoms with van der Waals surface area (Å²) in [7, 11) is -4.59. The van der Waals surface area contributed by atoms with E-state index in [1.54, 1.807) is 0 Å². The summed E-state index contributed by atoms with van der Waals surface area (Å²) < 4.78 is 55.8. The highest BCUT2D eigenvalue weighted by Crippen LogP contribution is 2.36. The van der Waals surface area contributed by atoms with E-state index >= 15 is 0 Å². The fraction of sp³-hybridized carbons (Fsp3) is 0.0625. The first-order chi connectivity index (χ1) is 12.1. The minimum Gasteiger partial charge on any atom is -0.457 e. The normalized spacial score (nSPS) is 14.7. The molecule has 0 radical (unpaired) electrons. The number of carbonyl (C=O) groups excluding carboxylic acids is 1. The van der Waals surface area contributed by atoms with Crippen LogP contribution in [0.4, 0.5) is 8.78 Å². The van der Waals surface area contributed by atoms with E-state index in [1.807, 2.05) is 0 Å². The summed E-state index contributed by atoms with van der Waals surface area (Å²) in [5.41, 5.74) is 0.421. The summed E-state index contributed by atoms with van der Waals surface area (Å²) in [5, 5.41) is 5.31. The van der Waals surface area contributed by atoms with Crippen molar-refractivity contribution >= 4 is 50.3 Å². The van der Waals surface area contributed by atoms with Crippen molar-refractivity contribution < 1.29 is 26.7 Å². The zero-order valence-electron chi connectivity index (χ0n) is 12.7. The number of primary sulfonamides is 1. The van der Waals surface area contributed by atoms with E-state index in [0.29, 0.717) is 5.56 Å². The zero-order valence-corrected chi connectivity index (χ0v) is 15.1. The molecular formula is C16H9Cl2F2NO4S. The van der Waals surface area contributed by atoms with Gasteiger partial charge in [-0.2, -0.15) is 0 Å². The van der Waals surface area contributed by atoms with Gasteiger partial charge in [0.2, 0.25) is 10.0 Å². The van der Waals surface area contributed by atoms with Crippen LogP contribution in [0.2, 0.25) is 10.0 Å². The number of halogens is 4. The van der Waals surface area contributed by atoms with Gasteiger partial charge in [-0.05, 0) is 41.5 Å². The Morgan fingerprint density at radius 3 is 2.00 bits per heavy atom. The van der Waals surface area contributed by atoms with E-state index in [9.17, 15) is 22.0 Å². The van der Waals surface area contributed by atoms with Gasteiger partial charge in [0.1, 0.15) is 18.2 Å². The molecule has 0 saturated heterocycles. The molecule has 0 fully saturated rings. The lowest BCUT2D eigenvalue weighted by Crippen LogP contribution is -2.16. The van der Waals surface area contributed by atoms with Crippen molar-refractivity contribution in [3.8, 4) is 0 Å². The molecule has 0 saturated carbocycles. The Kier molecular flexibility index (Phi) is 4.78. The fourth-order valence-corrected chi connectivity index (χ4v) is 3.82. The van der Waals surface area contributed by atoms with Gasteiger partial charge in [-0.3, -0.25) is 0 Å². The molecule has 2 N–H and O–H groups in total. The largest absolute Gasteiger partial charge is 0.457 e. The van der Waals surface area contributed by atoms with Crippen LogP contribution in [0.15, 0.2) is 35.2 Å². The van der Waals surface area contributed by atoms with Gasteiger partial charge >= 0.3 is 5.97 Å². The number of hydrogen-bond donors (Lipinski definition) is 1. The minimum absolute atomic E-state index is 0.0246. The summed E-state index contributed by atoms with van der Waals surface area (Å²) in [6.45, 7) is -0.258. The van der Waals surface area contributed by atoms with Crippen LogP contribution >= 0.6 is 23.2 Å². The molecule has 2 aromatic carbocycles. The van der Waals surface area contributed by atoms with Gasteiger partial charge in [0, 0.05) is 15.6 Å². The molecule has 2 aromatic rings. The van der Waals surface area contributed by atoms with Gasteiger partial charge < -0.3 is 4.74 Å². The molecule has 0 spiro atoms. The molecule has 0 bridgehead atoms. The average Bonchev–Trinajstić information content (AvgIpc) is 2.85. The zero-order chi connectivity index (χ0) is 19.2. The number of nitrogens with two attached hydrogens (primary N) is 1. The molecule has 0 aromatic heterocycles. The number of ether oxygens (including phenoxy) is 1. The average molecular weight is 420 g/mol. The van der Waals surface area contributed by atoms with Crippen molar-refractivity contribution in [2.24, 2.45) is 5.14 Å². The van der Waals surface area contributed by atoms with Gasteiger partial charge in [0.05, 0.1) is 5.57 Å². The second-order valence-electron chi connectivity index (χ2n) is 5.40. The van der Waals surface area contributed by atoms with Crippen molar-refractivity contribution in [3.05, 3.63) is 63.1 Å². The Bertz CT molecular complexity index is 1040. The molecule has 26 heavy (non-hydrogen) atoms. The lowest BCUT2D eigenvalue weighted by atomic mass is 9.96. The highest BCUT2D eigenvalue weighted by molar-refractivity contribution is 7.89. The van der Waals surface area contributed by atoms with Gasteiger partial charge in [0.15, 0.2) is 4.90 Å². The van der Waals surface area contributed by atoms with Crippen LogP contribution in [-0.4, -0.2) is 21.0 Å². The third-order valence-corrected chi connectivity index (χ3v) is 5.03. The number of benzene rings is 2. The predicted molar refractivity (Wildman–Crippen MR) is 92.0 cm³/mol. The number of carbonyl (C=O) groups is 1. The molecule has 0 amide bonds. The van der Waals surface area contributed by atoms with E-state index in [2.05, 4.69) is 0 Å². The van der Waals surface area contributed by atoms with Crippen molar-refractivity contribution in [2.75, 3.05) is 6.61 Å². The number of hydrogen-bond acceptors (Lipinski definition) is 4. The molecular weight excluding hydrogens is 411 g/mol. The van der Waals surface area contributed by atoms with Crippen molar-refractivity contribution in [2.45, 2.75) is 4.90 Å². The summed E-state index contributed by atoms with van der Waals surface area (Å²) in [5.74, 6) is -3.48. The molecule has 10 heteroatoms. The van der Waals surface area contributed by atoms with Gasteiger partial charge in [0.25, 0.3) is 0 Å². The topological polar surface area (TPSA) is 86.5 Å². The highest BCUT2D eigenvalue weighted by Gasteiger charge is 2.30. The Balaban J connectivity index is 2.24. The van der Waals surface area contributed by atoms with Crippen molar-refractivity contribution in [1.82, 2.24) is 0 Å². The summed E-state index contributed by atoms with van der Waals surface area (Å²) in [6, 6.07) is 5.88. The standard InChI is InChI=1S/C16H9Cl2F2NO4S/c17-9-1-8(2-10(18)5-9)14-11(6-25-16(14)22)7-3-12(19)15(13(20)4-7)26(21,23)24/h1-5H,6H2,(H2,21,23,24). The lowest BCUT2D eigenvalue weighted by Gasteiger charge is -2.09. The first-order valence-electron chi connectivity index (χ1n) is 6.97. The smallest absolute Gasteiger partial charge is 0.339 e. The van der Waals surface area contributed by atoms with E-state index < -0.39 is 32.5 Å². The maximum atomic E-state index is 14.1. The molecule has 3 rings (SSSR count). The quantitative estimate of drug-likeness (QED) is 0.772. The fourth-order valence-electron chi connectivity index (χ4n) is 2.63. The maximum absolute atomic E-state index is 14.1. The van der Waals surface area contributed by atoms with Gasteiger partial charge in [-0.25, -0.2) is 27.1 Å². The second kappa shape index (κ2) is 6.62. The molecule has 0 atom stereocenters. The van der Waals surface area contributed by atoms with Crippen LogP contribution in [0.25, 0.3) is 11.1 Å². The molecule has 1 aliphatic rings. The predicted octanol–water partition coefficient (Wildman–Crippen LogP) is 3.39. The van der Waals surface area contributed by atoms with Crippen LogP contribution in [0.3, 0.4) is 0 Å². The number of rotatable bonds is 3. The Morgan fingerprint density at radius 1 is 0.962 bits per heavy atom. The third kappa shape index (κ3) is 3.45. The van der Waals surface area contributed by atoms with E-state index in [-0.39, 0.29) is 33.4 Å². The van der Waals surface area contributed by atoms with Crippen molar-refractivity contribution in [3.63, 3.8) is 0 Å². The monoisotopic (exact) mass is 419 g/mol. The molecule has 1 heterocycles. The Labute approximate surface area is 157 Å². The van der Waals surface area contributed by atoms with Crippen LogP contribution < -0.4 is 5.14 Å². The SMILES string of the molecule is NS(=O)(=O)c1c(F)cc(C2=C(c3cc(Cl)cc(Cl)c3)C(=O)OC2)cc1F. The van der Waals surface area contributed by atoms with Gasteiger partial charge in [-0.15, -0.1) is 0 Å². The van der Waals surface area contributed by atoms with Crippen LogP contribution in [0, 0.1) is 11.6 Å². The molecule has 0 aliphatic carbocycles. The van der Waals surface area contributed by atoms with Crippen molar-refractivity contribution in [1.29, 1.82) is 0 Å². The van der Waals surface area contributed by atoms with E-state index in [4.69, 9.17) is 33.1 Å². The van der Waals surface area contributed by atoms with E-state index in [0.717, 1.165) is 12.1 Å². The number of cyclic esters (lactones) is 1. The minimum atomic E-state index is -4.59. The summed E-state index contributed by atoms with van der Waals surface area (Å²) in [6.07, 6.45) is 0. The molecule has 0 unspecified atom stereocenters. The Morgan fingerprint density at radius 2 is 1.50 bits per heavy atom. The molecule has 1 aliphatic heterocycles. The Hall–Kier alpha value is -2.00. The van der Waals surface area contributed by atoms with Gasteiger partial charge in [-0.1, -0.05) is 23.2 Å². The van der Waals surface area contributed by atoms with Crippen LogP contribution in [-0.2, 0) is 19.6 Å². The third-order valence-electron chi connectivity index (χ3n) is 3.64. The van der Waals surface area contributed by atoms with E-state index in [1.165, 1.54) is 18.2 Å². The molecule has 5 nitrogen and oxygen atoms in total. The first kappa shape index (κ1) is 18.8. The lowest BCUT2D eigenvalue weighted by molar-refractivity contribution is -0.133. The van der Waals surface area contributed by atoms with Crippen LogP contribution in [0.1, 0.15) is 11.1 Å². The number of esters is 1. The second-order valence-corrected chi connectivity index (χ2v) is 7.77. The summed E-state index contributed by atoms with van der Waals surface area (Å²) in [4.78, 5) is 10.9. The highest BCUT2D eigenvalue weighted by atomic mass is 35.5. The number of sulfonamides is 1. The maximum Gasteiger partial charge on any atom is 0.339 e.